The van der Waals surface area contributed by atoms with Crippen molar-refractivity contribution >= 4 is 17.4 Å². The fourth-order valence-electron chi connectivity index (χ4n) is 3.82. The van der Waals surface area contributed by atoms with E-state index in [1.165, 1.54) is 0 Å². The summed E-state index contributed by atoms with van der Waals surface area (Å²) in [7, 11) is 0. The second kappa shape index (κ2) is 7.59. The molecule has 1 amide bonds. The van der Waals surface area contributed by atoms with Gasteiger partial charge in [0.2, 0.25) is 0 Å². The molecule has 4 heterocycles. The third-order valence-corrected chi connectivity index (χ3v) is 5.42. The Morgan fingerprint density at radius 1 is 1.07 bits per heavy atom. The lowest BCUT2D eigenvalue weighted by molar-refractivity contribution is 0.0935. The number of hydrogen-bond donors (Lipinski definition) is 1. The van der Waals surface area contributed by atoms with E-state index in [0.29, 0.717) is 5.69 Å². The van der Waals surface area contributed by atoms with Crippen molar-refractivity contribution in [2.24, 2.45) is 0 Å². The van der Waals surface area contributed by atoms with Crippen molar-refractivity contribution in [1.29, 1.82) is 0 Å². The zero-order valence-corrected chi connectivity index (χ0v) is 16.7. The predicted molar refractivity (Wildman–Crippen MR) is 115 cm³/mol. The van der Waals surface area contributed by atoms with Crippen LogP contribution in [0.5, 0.6) is 0 Å². The summed E-state index contributed by atoms with van der Waals surface area (Å²) in [4.78, 5) is 23.9. The molecule has 0 bridgehead atoms. The first kappa shape index (κ1) is 18.3. The number of fused-ring (bicyclic) bond motifs is 1. The number of amides is 1. The number of benzene rings is 1. The van der Waals surface area contributed by atoms with Crippen molar-refractivity contribution < 1.29 is 4.79 Å². The second-order valence-electron chi connectivity index (χ2n) is 7.54. The van der Waals surface area contributed by atoms with Crippen LogP contribution >= 0.6 is 0 Å². The average Bonchev–Trinajstić information content (AvgIpc) is 3.41. The zero-order chi connectivity index (χ0) is 20.5. The Balaban J connectivity index is 1.27. The molecule has 1 aliphatic rings. The van der Waals surface area contributed by atoms with Gasteiger partial charge in [-0.3, -0.25) is 4.79 Å². The molecule has 7 heteroatoms. The first-order valence-electron chi connectivity index (χ1n) is 10.1. The van der Waals surface area contributed by atoms with Crippen LogP contribution in [0.3, 0.4) is 0 Å². The summed E-state index contributed by atoms with van der Waals surface area (Å²) in [5.74, 6) is 0.748. The summed E-state index contributed by atoms with van der Waals surface area (Å²) in [6.07, 6.45) is 2.68. The van der Waals surface area contributed by atoms with Crippen LogP contribution in [0.15, 0.2) is 66.9 Å². The molecule has 1 aliphatic heterocycles. The summed E-state index contributed by atoms with van der Waals surface area (Å²) >= 11 is 0. The Labute approximate surface area is 174 Å². The Morgan fingerprint density at radius 2 is 1.93 bits per heavy atom. The van der Waals surface area contributed by atoms with Crippen molar-refractivity contribution in [3.05, 3.63) is 78.2 Å². The van der Waals surface area contributed by atoms with E-state index < -0.39 is 0 Å². The highest BCUT2D eigenvalue weighted by molar-refractivity contribution is 5.93. The number of nitrogens with one attached hydrogen (secondary N) is 1. The normalized spacial score (nSPS) is 16.2. The number of hydrogen-bond acceptors (Lipinski definition) is 5. The smallest absolute Gasteiger partial charge is 0.270 e. The maximum Gasteiger partial charge on any atom is 0.270 e. The second-order valence-corrected chi connectivity index (χ2v) is 7.54. The van der Waals surface area contributed by atoms with Crippen LogP contribution in [-0.4, -0.2) is 44.6 Å². The lowest BCUT2D eigenvalue weighted by atomic mass is 10.1. The molecule has 0 aliphatic carbocycles. The van der Waals surface area contributed by atoms with E-state index in [1.54, 1.807) is 6.07 Å². The number of aromatic nitrogens is 4. The topological polar surface area (TPSA) is 75.4 Å². The Morgan fingerprint density at radius 3 is 2.80 bits per heavy atom. The standard InChI is InChI=1S/C23H22N6O/c1-16-14-24-21-10-11-22(27-29(16)21)28-13-12-18(15-28)25-23(30)20-9-5-8-19(26-20)17-6-3-2-4-7-17/h2-11,14,18H,12-13,15H2,1H3,(H,25,30)/t18-/m0/s1. The molecule has 0 saturated carbocycles. The summed E-state index contributed by atoms with van der Waals surface area (Å²) in [6, 6.07) is 19.4. The molecule has 5 rings (SSSR count). The van der Waals surface area contributed by atoms with Gasteiger partial charge in [-0.1, -0.05) is 36.4 Å². The predicted octanol–water partition coefficient (Wildman–Crippen LogP) is 3.11. The van der Waals surface area contributed by atoms with Crippen molar-refractivity contribution in [2.45, 2.75) is 19.4 Å². The highest BCUT2D eigenvalue weighted by atomic mass is 16.2. The maximum atomic E-state index is 12.8. The molecule has 1 aromatic carbocycles. The summed E-state index contributed by atoms with van der Waals surface area (Å²) < 4.78 is 1.85. The van der Waals surface area contributed by atoms with Crippen LogP contribution < -0.4 is 10.2 Å². The van der Waals surface area contributed by atoms with Crippen LogP contribution in [0.2, 0.25) is 0 Å². The molecule has 30 heavy (non-hydrogen) atoms. The highest BCUT2D eigenvalue weighted by Gasteiger charge is 2.26. The molecule has 0 spiro atoms. The van der Waals surface area contributed by atoms with E-state index in [2.05, 4.69) is 25.3 Å². The molecule has 0 radical (unpaired) electrons. The summed E-state index contributed by atoms with van der Waals surface area (Å²) in [5.41, 5.74) is 4.06. The van der Waals surface area contributed by atoms with E-state index in [-0.39, 0.29) is 11.9 Å². The van der Waals surface area contributed by atoms with Gasteiger partial charge < -0.3 is 10.2 Å². The first-order chi connectivity index (χ1) is 14.7. The Hall–Kier alpha value is -3.74. The van der Waals surface area contributed by atoms with Gasteiger partial charge in [0.1, 0.15) is 11.5 Å². The minimum absolute atomic E-state index is 0.0565. The molecule has 4 aromatic rings. The molecule has 1 saturated heterocycles. The van der Waals surface area contributed by atoms with Crippen molar-refractivity contribution in [3.8, 4) is 11.3 Å². The minimum Gasteiger partial charge on any atom is -0.353 e. The van der Waals surface area contributed by atoms with Gasteiger partial charge in [0.05, 0.1) is 17.6 Å². The number of nitrogens with zero attached hydrogens (tertiary/aromatic N) is 5. The fraction of sp³-hybridized carbons (Fsp3) is 0.217. The Bertz CT molecular complexity index is 1200. The van der Waals surface area contributed by atoms with Crippen LogP contribution in [0.1, 0.15) is 22.6 Å². The van der Waals surface area contributed by atoms with E-state index in [4.69, 9.17) is 0 Å². The largest absolute Gasteiger partial charge is 0.353 e. The number of imidazole rings is 1. The number of carbonyl (C=O) groups is 1. The van der Waals surface area contributed by atoms with Gasteiger partial charge in [-0.05, 0) is 37.6 Å². The SMILES string of the molecule is Cc1cnc2ccc(N3CC[C@H](NC(=O)c4cccc(-c5ccccc5)n4)C3)nn12. The van der Waals surface area contributed by atoms with Crippen molar-refractivity contribution in [3.63, 3.8) is 0 Å². The minimum atomic E-state index is -0.145. The number of carbonyl (C=O) groups excluding carboxylic acids is 1. The lowest BCUT2D eigenvalue weighted by Crippen LogP contribution is -2.37. The van der Waals surface area contributed by atoms with Crippen LogP contribution in [0.25, 0.3) is 16.9 Å². The van der Waals surface area contributed by atoms with Gasteiger partial charge in [0, 0.05) is 24.7 Å². The van der Waals surface area contributed by atoms with Gasteiger partial charge in [0.15, 0.2) is 5.65 Å². The first-order valence-corrected chi connectivity index (χ1v) is 10.1. The van der Waals surface area contributed by atoms with E-state index in [1.807, 2.05) is 72.2 Å². The van der Waals surface area contributed by atoms with Gasteiger partial charge >= 0.3 is 0 Å². The summed E-state index contributed by atoms with van der Waals surface area (Å²) in [6.45, 7) is 3.55. The highest BCUT2D eigenvalue weighted by Crippen LogP contribution is 2.20. The molecular weight excluding hydrogens is 376 g/mol. The number of anilines is 1. The molecule has 1 atom stereocenters. The summed E-state index contributed by atoms with van der Waals surface area (Å²) in [5, 5.41) is 7.82. The Kier molecular flexibility index (Phi) is 4.63. The van der Waals surface area contributed by atoms with E-state index in [0.717, 1.165) is 47.9 Å². The molecule has 0 unspecified atom stereocenters. The zero-order valence-electron chi connectivity index (χ0n) is 16.7. The average molecular weight is 398 g/mol. The molecule has 1 N–H and O–H groups in total. The molecule has 7 nitrogen and oxygen atoms in total. The molecular formula is C23H22N6O. The van der Waals surface area contributed by atoms with Gasteiger partial charge in [-0.15, -0.1) is 5.10 Å². The van der Waals surface area contributed by atoms with E-state index in [9.17, 15) is 4.79 Å². The third-order valence-electron chi connectivity index (χ3n) is 5.42. The monoisotopic (exact) mass is 398 g/mol. The van der Waals surface area contributed by atoms with Gasteiger partial charge in [-0.2, -0.15) is 0 Å². The maximum absolute atomic E-state index is 12.8. The van der Waals surface area contributed by atoms with Crippen LogP contribution in [0.4, 0.5) is 5.82 Å². The third kappa shape index (κ3) is 3.50. The van der Waals surface area contributed by atoms with Crippen LogP contribution in [-0.2, 0) is 0 Å². The molecule has 3 aromatic heterocycles. The van der Waals surface area contributed by atoms with Crippen LogP contribution in [0, 0.1) is 6.92 Å². The number of pyridine rings is 1. The quantitative estimate of drug-likeness (QED) is 0.572. The van der Waals surface area contributed by atoms with Crippen molar-refractivity contribution in [2.75, 3.05) is 18.0 Å². The number of aryl methyl sites for hydroxylation is 1. The molecule has 150 valence electrons. The van der Waals surface area contributed by atoms with Gasteiger partial charge in [-0.25, -0.2) is 14.5 Å². The van der Waals surface area contributed by atoms with Gasteiger partial charge in [0.25, 0.3) is 5.91 Å². The lowest BCUT2D eigenvalue weighted by Gasteiger charge is -2.18. The van der Waals surface area contributed by atoms with E-state index >= 15 is 0 Å². The molecule has 1 fully saturated rings. The number of rotatable bonds is 4. The fourth-order valence-corrected chi connectivity index (χ4v) is 3.82. The van der Waals surface area contributed by atoms with Crippen molar-refractivity contribution in [1.82, 2.24) is 24.9 Å².